The van der Waals surface area contributed by atoms with Gasteiger partial charge in [-0.1, -0.05) is 84.9 Å². The number of para-hydroxylation sites is 2. The van der Waals surface area contributed by atoms with Crippen molar-refractivity contribution < 1.29 is 0 Å². The smallest absolute Gasteiger partial charge is 0.0546 e. The fraction of sp³-hybridized carbons (Fsp3) is 0.0909. The van der Waals surface area contributed by atoms with E-state index < -0.39 is 0 Å². The summed E-state index contributed by atoms with van der Waals surface area (Å²) < 4.78 is 0. The highest BCUT2D eigenvalue weighted by Crippen LogP contribution is 2.48. The molecule has 8 aromatic rings. The van der Waals surface area contributed by atoms with Crippen molar-refractivity contribution in [1.82, 2.24) is 0 Å². The molecular formula is C44H36N2. The lowest BCUT2D eigenvalue weighted by Gasteiger charge is -2.30. The molecule has 0 unspecified atom stereocenters. The van der Waals surface area contributed by atoms with E-state index in [1.54, 1.807) is 0 Å². The maximum Gasteiger partial charge on any atom is 0.0546 e. The minimum Gasteiger partial charge on any atom is -0.310 e. The molecule has 0 N–H and O–H groups in total. The predicted octanol–water partition coefficient (Wildman–Crippen LogP) is 12.8. The second kappa shape index (κ2) is 11.1. The molecule has 0 radical (unpaired) electrons. The van der Waals surface area contributed by atoms with Crippen LogP contribution in [0.1, 0.15) is 22.3 Å². The van der Waals surface area contributed by atoms with Crippen LogP contribution in [0.3, 0.4) is 0 Å². The predicted molar refractivity (Wildman–Crippen MR) is 198 cm³/mol. The average Bonchev–Trinajstić information content (AvgIpc) is 3.05. The van der Waals surface area contributed by atoms with Crippen LogP contribution in [-0.2, 0) is 0 Å². The summed E-state index contributed by atoms with van der Waals surface area (Å²) in [6.45, 7) is 8.72. The lowest BCUT2D eigenvalue weighted by atomic mass is 9.91. The molecule has 8 aromatic carbocycles. The molecule has 0 heterocycles. The van der Waals surface area contributed by atoms with Gasteiger partial charge in [0.2, 0.25) is 0 Å². The zero-order chi connectivity index (χ0) is 31.4. The van der Waals surface area contributed by atoms with E-state index in [1.165, 1.54) is 77.3 Å². The number of anilines is 6. The van der Waals surface area contributed by atoms with Crippen molar-refractivity contribution in [3.8, 4) is 0 Å². The van der Waals surface area contributed by atoms with Gasteiger partial charge < -0.3 is 9.80 Å². The summed E-state index contributed by atoms with van der Waals surface area (Å²) in [5.74, 6) is 0. The first kappa shape index (κ1) is 27.9. The van der Waals surface area contributed by atoms with Crippen LogP contribution in [0.25, 0.3) is 32.3 Å². The zero-order valence-corrected chi connectivity index (χ0v) is 26.8. The van der Waals surface area contributed by atoms with E-state index in [0.29, 0.717) is 0 Å². The molecule has 0 saturated heterocycles. The van der Waals surface area contributed by atoms with E-state index in [0.717, 1.165) is 11.4 Å². The highest BCUT2D eigenvalue weighted by molar-refractivity contribution is 6.29. The van der Waals surface area contributed by atoms with Crippen molar-refractivity contribution >= 4 is 66.4 Å². The van der Waals surface area contributed by atoms with E-state index in [1.807, 2.05) is 0 Å². The maximum atomic E-state index is 2.43. The highest BCUT2D eigenvalue weighted by Gasteiger charge is 2.22. The summed E-state index contributed by atoms with van der Waals surface area (Å²) in [6.07, 6.45) is 0. The van der Waals surface area contributed by atoms with Gasteiger partial charge in [-0.15, -0.1) is 0 Å². The quantitative estimate of drug-likeness (QED) is 0.177. The average molecular weight is 593 g/mol. The number of nitrogens with zero attached hydrogens (tertiary/aromatic N) is 2. The topological polar surface area (TPSA) is 6.48 Å². The van der Waals surface area contributed by atoms with Gasteiger partial charge in [0.1, 0.15) is 0 Å². The van der Waals surface area contributed by atoms with Crippen LogP contribution in [0, 0.1) is 27.7 Å². The molecule has 222 valence electrons. The van der Waals surface area contributed by atoms with E-state index >= 15 is 0 Å². The molecule has 0 atom stereocenters. The summed E-state index contributed by atoms with van der Waals surface area (Å²) in [4.78, 5) is 4.84. The summed E-state index contributed by atoms with van der Waals surface area (Å²) in [7, 11) is 0. The molecule has 0 bridgehead atoms. The van der Waals surface area contributed by atoms with Gasteiger partial charge in [-0.3, -0.25) is 0 Å². The molecule has 0 aliphatic heterocycles. The molecule has 2 heteroatoms. The minimum absolute atomic E-state index is 1.15. The van der Waals surface area contributed by atoms with Crippen LogP contribution < -0.4 is 9.80 Å². The van der Waals surface area contributed by atoms with Gasteiger partial charge in [0.25, 0.3) is 0 Å². The van der Waals surface area contributed by atoms with Crippen molar-refractivity contribution in [2.24, 2.45) is 0 Å². The van der Waals surface area contributed by atoms with E-state index in [9.17, 15) is 0 Å². The molecule has 0 aromatic heterocycles. The first-order chi connectivity index (χ1) is 22.4. The van der Waals surface area contributed by atoms with Crippen LogP contribution in [-0.4, -0.2) is 0 Å². The number of rotatable bonds is 6. The van der Waals surface area contributed by atoms with Crippen LogP contribution in [0.2, 0.25) is 0 Å². The molecular weight excluding hydrogens is 556 g/mol. The number of aryl methyl sites for hydroxylation is 4. The Morgan fingerprint density at radius 2 is 0.804 bits per heavy atom. The lowest BCUT2D eigenvalue weighted by Crippen LogP contribution is -2.12. The molecule has 0 saturated carbocycles. The summed E-state index contributed by atoms with van der Waals surface area (Å²) >= 11 is 0. The maximum absolute atomic E-state index is 2.43. The second-order valence-corrected chi connectivity index (χ2v) is 12.6. The minimum atomic E-state index is 1.15. The van der Waals surface area contributed by atoms with Crippen molar-refractivity contribution in [3.05, 3.63) is 168 Å². The number of benzene rings is 8. The Morgan fingerprint density at radius 3 is 1.37 bits per heavy atom. The molecule has 0 spiro atoms. The van der Waals surface area contributed by atoms with Crippen molar-refractivity contribution in [1.29, 1.82) is 0 Å². The Hall–Kier alpha value is -5.60. The van der Waals surface area contributed by atoms with Gasteiger partial charge >= 0.3 is 0 Å². The van der Waals surface area contributed by atoms with Crippen molar-refractivity contribution in [2.45, 2.75) is 27.7 Å². The van der Waals surface area contributed by atoms with Crippen LogP contribution in [0.5, 0.6) is 0 Å². The first-order valence-electron chi connectivity index (χ1n) is 16.0. The van der Waals surface area contributed by atoms with Crippen LogP contribution >= 0.6 is 0 Å². The fourth-order valence-corrected chi connectivity index (χ4v) is 7.34. The molecule has 46 heavy (non-hydrogen) atoms. The van der Waals surface area contributed by atoms with Crippen LogP contribution in [0.4, 0.5) is 34.1 Å². The molecule has 8 rings (SSSR count). The third-order valence-corrected chi connectivity index (χ3v) is 9.04. The number of hydrogen-bond acceptors (Lipinski definition) is 2. The first-order valence-corrected chi connectivity index (χ1v) is 16.0. The van der Waals surface area contributed by atoms with Crippen molar-refractivity contribution in [3.63, 3.8) is 0 Å². The van der Waals surface area contributed by atoms with Crippen LogP contribution in [0.15, 0.2) is 146 Å². The van der Waals surface area contributed by atoms with E-state index in [4.69, 9.17) is 0 Å². The normalized spacial score (nSPS) is 11.5. The lowest BCUT2D eigenvalue weighted by molar-refractivity contribution is 1.26. The van der Waals surface area contributed by atoms with Gasteiger partial charge in [0.05, 0.1) is 11.4 Å². The summed E-state index contributed by atoms with van der Waals surface area (Å²) in [5, 5.41) is 7.57. The standard InChI is InChI=1S/C44H36N2/c1-29-22-30(2)25-37(24-29)45(35-13-7-5-8-14-35)41-21-19-34-28-42(39-17-11-12-33-18-20-40(41)44(34)43(33)39)46(36-15-9-6-10-16-36)38-26-31(3)23-32(4)27-38/h5-28H,1-4H3. The van der Waals surface area contributed by atoms with Gasteiger partial charge in [-0.2, -0.15) is 0 Å². The largest absolute Gasteiger partial charge is 0.310 e. The zero-order valence-electron chi connectivity index (χ0n) is 26.8. The highest BCUT2D eigenvalue weighted by atomic mass is 15.2. The Balaban J connectivity index is 1.44. The fourth-order valence-electron chi connectivity index (χ4n) is 7.34. The molecule has 2 nitrogen and oxygen atoms in total. The monoisotopic (exact) mass is 592 g/mol. The molecule has 0 aliphatic carbocycles. The van der Waals surface area contributed by atoms with Gasteiger partial charge in [-0.25, -0.2) is 0 Å². The van der Waals surface area contributed by atoms with Crippen molar-refractivity contribution in [2.75, 3.05) is 9.80 Å². The molecule has 0 fully saturated rings. The number of hydrogen-bond donors (Lipinski definition) is 0. The second-order valence-electron chi connectivity index (χ2n) is 12.6. The Kier molecular flexibility index (Phi) is 6.73. The summed E-state index contributed by atoms with van der Waals surface area (Å²) in [5.41, 5.74) is 12.0. The Labute approximate surface area is 271 Å². The van der Waals surface area contributed by atoms with Gasteiger partial charge in [0, 0.05) is 33.5 Å². The Bertz CT molecular complexity index is 2310. The molecule has 0 aliphatic rings. The van der Waals surface area contributed by atoms with E-state index in [2.05, 4.69) is 183 Å². The van der Waals surface area contributed by atoms with Gasteiger partial charge in [-0.05, 0) is 132 Å². The van der Waals surface area contributed by atoms with E-state index in [-0.39, 0.29) is 0 Å². The Morgan fingerprint density at radius 1 is 0.326 bits per heavy atom. The molecule has 0 amide bonds. The summed E-state index contributed by atoms with van der Waals surface area (Å²) in [6, 6.07) is 53.5. The SMILES string of the molecule is Cc1cc(C)cc(N(c2ccccc2)c2cc3ccc(N(c4ccccc4)c4cc(C)cc(C)c4)c4ccc5cccc2c5c34)c1. The van der Waals surface area contributed by atoms with Gasteiger partial charge in [0.15, 0.2) is 0 Å². The third kappa shape index (κ3) is 4.74. The third-order valence-electron chi connectivity index (χ3n) is 9.04.